The van der Waals surface area contributed by atoms with Crippen molar-refractivity contribution < 1.29 is 4.74 Å². The van der Waals surface area contributed by atoms with Gasteiger partial charge in [-0.25, -0.2) is 0 Å². The van der Waals surface area contributed by atoms with Crippen molar-refractivity contribution in [3.63, 3.8) is 0 Å². The number of hydrogen-bond donors (Lipinski definition) is 1. The molecule has 0 aromatic rings. The average molecular weight is 258 g/mol. The molecule has 0 aromatic heterocycles. The number of methoxy groups -OCH3 is 1. The summed E-state index contributed by atoms with van der Waals surface area (Å²) < 4.78 is 5.00. The largest absolute Gasteiger partial charge is 0.385 e. The van der Waals surface area contributed by atoms with Gasteiger partial charge < -0.3 is 4.74 Å². The molecule has 0 bridgehead atoms. The van der Waals surface area contributed by atoms with E-state index in [9.17, 15) is 0 Å². The van der Waals surface area contributed by atoms with Gasteiger partial charge in [-0.1, -0.05) is 6.92 Å². The van der Waals surface area contributed by atoms with Gasteiger partial charge in [-0.3, -0.25) is 5.32 Å². The Morgan fingerprint density at radius 1 is 1.35 bits per heavy atom. The van der Waals surface area contributed by atoms with Gasteiger partial charge >= 0.3 is 0 Å². The summed E-state index contributed by atoms with van der Waals surface area (Å²) in [5.41, 5.74) is -0.344. The zero-order valence-corrected chi connectivity index (χ0v) is 12.2. The van der Waals surface area contributed by atoms with Crippen molar-refractivity contribution in [1.82, 2.24) is 5.32 Å². The lowest BCUT2D eigenvalue weighted by molar-refractivity contribution is 0.200. The minimum absolute atomic E-state index is 0.344. The first-order chi connectivity index (χ1) is 8.18. The Labute approximate surface area is 110 Å². The van der Waals surface area contributed by atoms with Crippen molar-refractivity contribution in [2.24, 2.45) is 0 Å². The van der Waals surface area contributed by atoms with E-state index in [1.807, 2.05) is 18.7 Å². The molecule has 0 saturated carbocycles. The third-order valence-electron chi connectivity index (χ3n) is 2.61. The molecular formula is C13H26N2OS. The lowest BCUT2D eigenvalue weighted by Crippen LogP contribution is -2.41. The molecule has 17 heavy (non-hydrogen) atoms. The van der Waals surface area contributed by atoms with E-state index in [2.05, 4.69) is 18.3 Å². The van der Waals surface area contributed by atoms with Crippen molar-refractivity contribution in [2.75, 3.05) is 31.8 Å². The number of nitrogens with zero attached hydrogens (tertiary/aromatic N) is 1. The monoisotopic (exact) mass is 258 g/mol. The summed E-state index contributed by atoms with van der Waals surface area (Å²) in [4.78, 5) is 0. The van der Waals surface area contributed by atoms with Crippen LogP contribution in [-0.4, -0.2) is 37.3 Å². The fraction of sp³-hybridized carbons (Fsp3) is 0.923. The molecule has 0 saturated heterocycles. The highest BCUT2D eigenvalue weighted by molar-refractivity contribution is 7.99. The van der Waals surface area contributed by atoms with Crippen LogP contribution in [0, 0.1) is 11.3 Å². The summed E-state index contributed by atoms with van der Waals surface area (Å²) in [5.74, 6) is 2.29. The van der Waals surface area contributed by atoms with Gasteiger partial charge in [0.1, 0.15) is 5.54 Å². The van der Waals surface area contributed by atoms with E-state index in [4.69, 9.17) is 10.00 Å². The quantitative estimate of drug-likeness (QED) is 0.579. The maximum Gasteiger partial charge on any atom is 0.103 e. The van der Waals surface area contributed by atoms with E-state index in [1.54, 1.807) is 7.11 Å². The summed E-state index contributed by atoms with van der Waals surface area (Å²) in [6.07, 6.45) is 4.22. The first kappa shape index (κ1) is 16.8. The number of nitrogens with one attached hydrogen (secondary N) is 1. The fourth-order valence-corrected chi connectivity index (χ4v) is 2.39. The molecule has 100 valence electrons. The summed E-state index contributed by atoms with van der Waals surface area (Å²) in [7, 11) is 1.74. The molecule has 0 fully saturated rings. The molecule has 0 heterocycles. The van der Waals surface area contributed by atoms with Gasteiger partial charge in [-0.15, -0.1) is 0 Å². The van der Waals surface area contributed by atoms with Crippen LogP contribution in [0.15, 0.2) is 0 Å². The van der Waals surface area contributed by atoms with Gasteiger partial charge in [0.2, 0.25) is 0 Å². The summed E-state index contributed by atoms with van der Waals surface area (Å²) >= 11 is 1.95. The normalized spacial score (nSPS) is 14.2. The molecule has 4 heteroatoms. The van der Waals surface area contributed by atoms with Gasteiger partial charge in [0.15, 0.2) is 0 Å². The Morgan fingerprint density at radius 2 is 2.06 bits per heavy atom. The second-order valence-corrected chi connectivity index (χ2v) is 5.66. The van der Waals surface area contributed by atoms with Gasteiger partial charge in [-0.2, -0.15) is 17.0 Å². The Kier molecular flexibility index (Phi) is 10.7. The van der Waals surface area contributed by atoms with E-state index in [1.165, 1.54) is 0 Å². The molecule has 1 atom stereocenters. The SMILES string of the molecule is CCCNC(C)(C#N)CCCSCCCOC. The lowest BCUT2D eigenvalue weighted by atomic mass is 9.98. The first-order valence-electron chi connectivity index (χ1n) is 6.41. The van der Waals surface area contributed by atoms with Gasteiger partial charge in [0, 0.05) is 13.7 Å². The minimum Gasteiger partial charge on any atom is -0.385 e. The molecule has 0 amide bonds. The van der Waals surface area contributed by atoms with Crippen molar-refractivity contribution >= 4 is 11.8 Å². The van der Waals surface area contributed by atoms with Crippen LogP contribution in [0.2, 0.25) is 0 Å². The predicted octanol–water partition coefficient (Wildman–Crippen LogP) is 2.82. The molecule has 0 aliphatic rings. The van der Waals surface area contributed by atoms with Crippen molar-refractivity contribution in [2.45, 2.75) is 45.1 Å². The third-order valence-corrected chi connectivity index (χ3v) is 3.77. The molecule has 0 rings (SSSR count). The van der Waals surface area contributed by atoms with Crippen molar-refractivity contribution in [3.05, 3.63) is 0 Å². The van der Waals surface area contributed by atoms with E-state index >= 15 is 0 Å². The molecular weight excluding hydrogens is 232 g/mol. The Balaban J connectivity index is 3.53. The zero-order chi connectivity index (χ0) is 13.0. The molecule has 0 aliphatic carbocycles. The number of ether oxygens (including phenoxy) is 1. The fourth-order valence-electron chi connectivity index (χ4n) is 1.52. The second kappa shape index (κ2) is 10.9. The minimum atomic E-state index is -0.344. The maximum atomic E-state index is 9.15. The number of rotatable bonds is 11. The van der Waals surface area contributed by atoms with Gasteiger partial charge in [0.25, 0.3) is 0 Å². The Morgan fingerprint density at radius 3 is 2.65 bits per heavy atom. The highest BCUT2D eigenvalue weighted by Crippen LogP contribution is 2.14. The third kappa shape index (κ3) is 9.46. The second-order valence-electron chi connectivity index (χ2n) is 4.43. The number of hydrogen-bond acceptors (Lipinski definition) is 4. The van der Waals surface area contributed by atoms with E-state index in [0.717, 1.165) is 50.3 Å². The molecule has 1 N–H and O–H groups in total. The van der Waals surface area contributed by atoms with Crippen molar-refractivity contribution in [3.8, 4) is 6.07 Å². The molecule has 3 nitrogen and oxygen atoms in total. The van der Waals surface area contributed by atoms with Gasteiger partial charge in [-0.05, 0) is 50.7 Å². The van der Waals surface area contributed by atoms with E-state index in [0.29, 0.717) is 0 Å². The maximum absolute atomic E-state index is 9.15. The Bertz CT molecular complexity index is 218. The van der Waals surface area contributed by atoms with E-state index in [-0.39, 0.29) is 5.54 Å². The molecule has 1 unspecified atom stereocenters. The summed E-state index contributed by atoms with van der Waals surface area (Å²) in [6, 6.07) is 2.38. The predicted molar refractivity (Wildman–Crippen MR) is 75.4 cm³/mol. The van der Waals surface area contributed by atoms with Crippen LogP contribution >= 0.6 is 11.8 Å². The van der Waals surface area contributed by atoms with Gasteiger partial charge in [0.05, 0.1) is 6.07 Å². The van der Waals surface area contributed by atoms with E-state index < -0.39 is 0 Å². The van der Waals surface area contributed by atoms with Crippen LogP contribution in [-0.2, 0) is 4.74 Å². The number of thioether (sulfide) groups is 1. The molecule has 0 aliphatic heterocycles. The van der Waals surface area contributed by atoms with Crippen LogP contribution in [0.25, 0.3) is 0 Å². The van der Waals surface area contributed by atoms with Crippen LogP contribution < -0.4 is 5.32 Å². The standard InChI is InChI=1S/C13H26N2OS/c1-4-8-15-13(2,12-14)7-5-10-17-11-6-9-16-3/h15H,4-11H2,1-3H3. The summed E-state index contributed by atoms with van der Waals surface area (Å²) in [6.45, 7) is 5.89. The zero-order valence-electron chi connectivity index (χ0n) is 11.4. The van der Waals surface area contributed by atoms with Crippen LogP contribution in [0.1, 0.15) is 39.5 Å². The summed E-state index contributed by atoms with van der Waals surface area (Å²) in [5, 5.41) is 12.5. The molecule has 0 spiro atoms. The topological polar surface area (TPSA) is 45.0 Å². The average Bonchev–Trinajstić information content (AvgIpc) is 2.35. The van der Waals surface area contributed by atoms with Crippen molar-refractivity contribution in [1.29, 1.82) is 5.26 Å². The Hall–Kier alpha value is -0.240. The highest BCUT2D eigenvalue weighted by Gasteiger charge is 2.21. The smallest absolute Gasteiger partial charge is 0.103 e. The molecule has 0 aromatic carbocycles. The first-order valence-corrected chi connectivity index (χ1v) is 7.57. The highest BCUT2D eigenvalue weighted by atomic mass is 32.2. The van der Waals surface area contributed by atoms with Crippen LogP contribution in [0.5, 0.6) is 0 Å². The lowest BCUT2D eigenvalue weighted by Gasteiger charge is -2.22. The number of nitriles is 1. The van der Waals surface area contributed by atoms with Crippen LogP contribution in [0.4, 0.5) is 0 Å². The molecule has 0 radical (unpaired) electrons. The van der Waals surface area contributed by atoms with Crippen LogP contribution in [0.3, 0.4) is 0 Å².